The zero-order chi connectivity index (χ0) is 12.3. The maximum Gasteiger partial charge on any atom is 0.274 e. The highest BCUT2D eigenvalue weighted by atomic mass is 19.1. The van der Waals surface area contributed by atoms with Crippen molar-refractivity contribution >= 4 is 11.6 Å². The van der Waals surface area contributed by atoms with E-state index >= 15 is 0 Å². The van der Waals surface area contributed by atoms with E-state index in [1.54, 1.807) is 12.1 Å². The lowest BCUT2D eigenvalue weighted by molar-refractivity contribution is 0.102. The van der Waals surface area contributed by atoms with Crippen LogP contribution in [0, 0.1) is 11.9 Å². The molecule has 0 aromatic carbocycles. The fourth-order valence-corrected chi connectivity index (χ4v) is 1.19. The molecule has 0 bridgehead atoms. The first-order valence-corrected chi connectivity index (χ1v) is 4.71. The van der Waals surface area contributed by atoms with Gasteiger partial charge in [0.25, 0.3) is 5.91 Å². The molecule has 0 spiro atoms. The number of nitrogens with zero attached hydrogens (tertiary/aromatic N) is 2. The number of carbonyl (C=O) groups is 1. The molecule has 2 aromatic rings. The van der Waals surface area contributed by atoms with Crippen molar-refractivity contribution in [2.75, 3.05) is 5.32 Å². The van der Waals surface area contributed by atoms with Gasteiger partial charge in [-0.3, -0.25) is 9.78 Å². The van der Waals surface area contributed by atoms with E-state index < -0.39 is 17.8 Å². The number of halogens is 2. The molecule has 17 heavy (non-hydrogen) atoms. The highest BCUT2D eigenvalue weighted by Crippen LogP contribution is 2.12. The van der Waals surface area contributed by atoms with Crippen LogP contribution in [0.1, 0.15) is 10.5 Å². The van der Waals surface area contributed by atoms with Crippen LogP contribution in [0.2, 0.25) is 0 Å². The highest BCUT2D eigenvalue weighted by molar-refractivity contribution is 6.02. The Morgan fingerprint density at radius 2 is 2.00 bits per heavy atom. The standard InChI is InChI=1S/C11H7F2N3O/c12-9-5-4-7(10(13)16-9)15-11(17)8-3-1-2-6-14-8/h1-6H,(H,15,17). The fourth-order valence-electron chi connectivity index (χ4n) is 1.19. The molecular weight excluding hydrogens is 228 g/mol. The van der Waals surface area contributed by atoms with Gasteiger partial charge >= 0.3 is 0 Å². The van der Waals surface area contributed by atoms with Crippen LogP contribution in [0.25, 0.3) is 0 Å². The summed E-state index contributed by atoms with van der Waals surface area (Å²) in [4.78, 5) is 18.3. The summed E-state index contributed by atoms with van der Waals surface area (Å²) in [5, 5.41) is 2.25. The summed E-state index contributed by atoms with van der Waals surface area (Å²) in [6, 6.07) is 6.80. The van der Waals surface area contributed by atoms with Crippen molar-refractivity contribution in [3.05, 3.63) is 54.1 Å². The van der Waals surface area contributed by atoms with Crippen LogP contribution in [0.4, 0.5) is 14.5 Å². The maximum absolute atomic E-state index is 13.1. The van der Waals surface area contributed by atoms with Gasteiger partial charge in [-0.15, -0.1) is 0 Å². The van der Waals surface area contributed by atoms with Crippen molar-refractivity contribution in [3.8, 4) is 0 Å². The average molecular weight is 235 g/mol. The molecule has 86 valence electrons. The molecule has 2 rings (SSSR count). The van der Waals surface area contributed by atoms with Crippen LogP contribution >= 0.6 is 0 Å². The van der Waals surface area contributed by atoms with E-state index in [-0.39, 0.29) is 11.4 Å². The Bertz CT molecular complexity index is 546. The summed E-state index contributed by atoms with van der Waals surface area (Å²) >= 11 is 0. The quantitative estimate of drug-likeness (QED) is 0.810. The Morgan fingerprint density at radius 3 is 2.65 bits per heavy atom. The third kappa shape index (κ3) is 2.60. The average Bonchev–Trinajstić information content (AvgIpc) is 2.34. The second-order valence-electron chi connectivity index (χ2n) is 3.14. The first kappa shape index (κ1) is 11.1. The minimum Gasteiger partial charge on any atom is -0.317 e. The summed E-state index contributed by atoms with van der Waals surface area (Å²) in [5.41, 5.74) is -0.0571. The van der Waals surface area contributed by atoms with Gasteiger partial charge in [-0.25, -0.2) is 0 Å². The molecule has 1 N–H and O–H groups in total. The lowest BCUT2D eigenvalue weighted by Gasteiger charge is -2.04. The number of aromatic nitrogens is 2. The molecule has 0 saturated heterocycles. The summed E-state index contributed by atoms with van der Waals surface area (Å²) in [6.45, 7) is 0. The molecule has 0 aliphatic rings. The number of hydrogen-bond donors (Lipinski definition) is 1. The van der Waals surface area contributed by atoms with Crippen molar-refractivity contribution in [2.45, 2.75) is 0 Å². The molecule has 0 aliphatic heterocycles. The lowest BCUT2D eigenvalue weighted by Crippen LogP contribution is -2.15. The van der Waals surface area contributed by atoms with Crippen molar-refractivity contribution in [3.63, 3.8) is 0 Å². The van der Waals surface area contributed by atoms with Crippen LogP contribution in [0.5, 0.6) is 0 Å². The predicted octanol–water partition coefficient (Wildman–Crippen LogP) is 2.01. The van der Waals surface area contributed by atoms with Crippen LogP contribution in [-0.4, -0.2) is 15.9 Å². The van der Waals surface area contributed by atoms with E-state index in [4.69, 9.17) is 0 Å². The van der Waals surface area contributed by atoms with Gasteiger partial charge in [0, 0.05) is 6.20 Å². The third-order valence-corrected chi connectivity index (χ3v) is 1.96. The second kappa shape index (κ2) is 4.65. The monoisotopic (exact) mass is 235 g/mol. The molecule has 2 heterocycles. The summed E-state index contributed by atoms with van der Waals surface area (Å²) in [7, 11) is 0. The van der Waals surface area contributed by atoms with Gasteiger partial charge in [0.2, 0.25) is 11.9 Å². The number of amides is 1. The normalized spacial score (nSPS) is 10.0. The zero-order valence-electron chi connectivity index (χ0n) is 8.52. The van der Waals surface area contributed by atoms with E-state index in [0.717, 1.165) is 12.1 Å². The molecule has 0 saturated carbocycles. The first-order valence-electron chi connectivity index (χ1n) is 4.71. The molecule has 0 atom stereocenters. The van der Waals surface area contributed by atoms with Crippen molar-refractivity contribution < 1.29 is 13.6 Å². The molecular formula is C11H7F2N3O. The number of anilines is 1. The fraction of sp³-hybridized carbons (Fsp3) is 0. The largest absolute Gasteiger partial charge is 0.317 e. The lowest BCUT2D eigenvalue weighted by atomic mass is 10.3. The van der Waals surface area contributed by atoms with Gasteiger partial charge in [0.05, 0.1) is 5.69 Å². The summed E-state index contributed by atoms with van der Waals surface area (Å²) in [6.07, 6.45) is 1.44. The van der Waals surface area contributed by atoms with Gasteiger partial charge < -0.3 is 5.32 Å². The van der Waals surface area contributed by atoms with E-state index in [9.17, 15) is 13.6 Å². The van der Waals surface area contributed by atoms with E-state index in [1.165, 1.54) is 12.3 Å². The number of carbonyl (C=O) groups excluding carboxylic acids is 1. The van der Waals surface area contributed by atoms with Gasteiger partial charge in [0.15, 0.2) is 0 Å². The molecule has 2 aromatic heterocycles. The van der Waals surface area contributed by atoms with Crippen LogP contribution in [0.3, 0.4) is 0 Å². The Hall–Kier alpha value is -2.37. The highest BCUT2D eigenvalue weighted by Gasteiger charge is 2.11. The number of rotatable bonds is 2. The summed E-state index contributed by atoms with van der Waals surface area (Å²) < 4.78 is 25.7. The van der Waals surface area contributed by atoms with Gasteiger partial charge in [-0.2, -0.15) is 13.8 Å². The number of hydrogen-bond acceptors (Lipinski definition) is 3. The van der Waals surface area contributed by atoms with Crippen molar-refractivity contribution in [2.24, 2.45) is 0 Å². The first-order chi connectivity index (χ1) is 8.16. The van der Waals surface area contributed by atoms with Crippen molar-refractivity contribution in [1.29, 1.82) is 0 Å². The zero-order valence-corrected chi connectivity index (χ0v) is 8.52. The molecule has 1 amide bonds. The van der Waals surface area contributed by atoms with E-state index in [1.807, 2.05) is 0 Å². The molecule has 0 aliphatic carbocycles. The number of pyridine rings is 2. The number of nitrogens with one attached hydrogen (secondary N) is 1. The minimum absolute atomic E-state index is 0.135. The summed E-state index contributed by atoms with van der Waals surface area (Å²) in [5.74, 6) is -2.61. The van der Waals surface area contributed by atoms with E-state index in [2.05, 4.69) is 15.3 Å². The third-order valence-electron chi connectivity index (χ3n) is 1.96. The van der Waals surface area contributed by atoms with Crippen LogP contribution < -0.4 is 5.32 Å². The molecule has 4 nitrogen and oxygen atoms in total. The van der Waals surface area contributed by atoms with Crippen molar-refractivity contribution in [1.82, 2.24) is 9.97 Å². The Balaban J connectivity index is 2.19. The molecule has 6 heteroatoms. The van der Waals surface area contributed by atoms with Crippen LogP contribution in [0.15, 0.2) is 36.5 Å². The minimum atomic E-state index is -1.07. The van der Waals surface area contributed by atoms with Gasteiger partial charge in [0.1, 0.15) is 5.69 Å². The SMILES string of the molecule is O=C(Nc1ccc(F)nc1F)c1ccccn1. The maximum atomic E-state index is 13.1. The van der Waals surface area contributed by atoms with Crippen LogP contribution in [-0.2, 0) is 0 Å². The van der Waals surface area contributed by atoms with Gasteiger partial charge in [-0.1, -0.05) is 6.07 Å². The predicted molar refractivity (Wildman–Crippen MR) is 56.3 cm³/mol. The topological polar surface area (TPSA) is 54.9 Å². The smallest absolute Gasteiger partial charge is 0.274 e. The molecule has 0 unspecified atom stereocenters. The molecule has 0 fully saturated rings. The second-order valence-corrected chi connectivity index (χ2v) is 3.14. The van der Waals surface area contributed by atoms with E-state index in [0.29, 0.717) is 0 Å². The Morgan fingerprint density at radius 1 is 1.18 bits per heavy atom. The Kier molecular flexibility index (Phi) is 3.04. The Labute approximate surface area is 95.3 Å². The van der Waals surface area contributed by atoms with Gasteiger partial charge in [-0.05, 0) is 24.3 Å². The molecule has 0 radical (unpaired) electrons.